The first-order chi connectivity index (χ1) is 8.99. The number of para-hydroxylation sites is 1. The van der Waals surface area contributed by atoms with Crippen molar-refractivity contribution in [3.8, 4) is 5.75 Å². The molecule has 0 heterocycles. The molecule has 0 saturated carbocycles. The number of halogens is 1. The topological polar surface area (TPSA) is 75.4 Å². The molecule has 0 unspecified atom stereocenters. The van der Waals surface area contributed by atoms with Gasteiger partial charge in [0, 0.05) is 10.2 Å². The number of benzene rings is 2. The van der Waals surface area contributed by atoms with Crippen LogP contribution in [0.1, 0.15) is 15.9 Å². The number of phenols is 1. The summed E-state index contributed by atoms with van der Waals surface area (Å²) < 4.78 is 0.940. The molecule has 0 saturated heterocycles. The van der Waals surface area contributed by atoms with E-state index < -0.39 is 5.91 Å². The molecule has 0 aliphatic heterocycles. The van der Waals surface area contributed by atoms with E-state index in [1.807, 2.05) is 19.1 Å². The van der Waals surface area contributed by atoms with Crippen molar-refractivity contribution >= 4 is 33.2 Å². The lowest BCUT2D eigenvalue weighted by atomic mass is 10.1. The van der Waals surface area contributed by atoms with Crippen molar-refractivity contribution in [2.45, 2.75) is 6.92 Å². The minimum absolute atomic E-state index is 0.155. The average Bonchev–Trinajstić information content (AvgIpc) is 2.36. The second-order valence-corrected chi connectivity index (χ2v) is 5.07. The molecule has 4 nitrogen and oxygen atoms in total. The molecule has 0 aliphatic rings. The van der Waals surface area contributed by atoms with E-state index in [9.17, 15) is 9.90 Å². The number of carbonyl (C=O) groups is 1. The van der Waals surface area contributed by atoms with Gasteiger partial charge in [0.2, 0.25) is 0 Å². The van der Waals surface area contributed by atoms with E-state index >= 15 is 0 Å². The summed E-state index contributed by atoms with van der Waals surface area (Å²) in [7, 11) is 0. The van der Waals surface area contributed by atoms with Gasteiger partial charge in [-0.15, -0.1) is 0 Å². The van der Waals surface area contributed by atoms with Crippen LogP contribution in [-0.2, 0) is 0 Å². The summed E-state index contributed by atoms with van der Waals surface area (Å²) >= 11 is 3.36. The van der Waals surface area contributed by atoms with Gasteiger partial charge in [-0.05, 0) is 42.8 Å². The van der Waals surface area contributed by atoms with Crippen LogP contribution in [0.3, 0.4) is 0 Å². The predicted octanol–water partition coefficient (Wildman–Crippen LogP) is 3.30. The highest BCUT2D eigenvalue weighted by Crippen LogP contribution is 2.26. The SMILES string of the molecule is Cc1cc(Br)ccc1NC(=O)c1cccc(N)c1O. The zero-order valence-electron chi connectivity index (χ0n) is 10.3. The number of carbonyl (C=O) groups excluding carboxylic acids is 1. The monoisotopic (exact) mass is 320 g/mol. The van der Waals surface area contributed by atoms with Crippen molar-refractivity contribution in [3.05, 3.63) is 52.0 Å². The molecular weight excluding hydrogens is 308 g/mol. The molecule has 0 aromatic heterocycles. The first-order valence-corrected chi connectivity index (χ1v) is 6.43. The Morgan fingerprint density at radius 2 is 2.05 bits per heavy atom. The van der Waals surface area contributed by atoms with E-state index in [4.69, 9.17) is 5.73 Å². The summed E-state index contributed by atoms with van der Waals surface area (Å²) in [4.78, 5) is 12.1. The van der Waals surface area contributed by atoms with E-state index in [2.05, 4.69) is 21.2 Å². The number of nitrogens with one attached hydrogen (secondary N) is 1. The number of nitrogen functional groups attached to an aromatic ring is 1. The molecule has 0 aliphatic carbocycles. The smallest absolute Gasteiger partial charge is 0.259 e. The maximum Gasteiger partial charge on any atom is 0.259 e. The van der Waals surface area contributed by atoms with Gasteiger partial charge in [0.1, 0.15) is 0 Å². The first-order valence-electron chi connectivity index (χ1n) is 5.64. The number of anilines is 2. The standard InChI is InChI=1S/C14H13BrN2O2/c1-8-7-9(15)5-6-12(8)17-14(19)10-3-2-4-11(16)13(10)18/h2-7,18H,16H2,1H3,(H,17,19). The van der Waals surface area contributed by atoms with Gasteiger partial charge in [-0.2, -0.15) is 0 Å². The van der Waals surface area contributed by atoms with Crippen LogP contribution in [-0.4, -0.2) is 11.0 Å². The Labute approximate surface area is 119 Å². The highest BCUT2D eigenvalue weighted by Gasteiger charge is 2.13. The summed E-state index contributed by atoms with van der Waals surface area (Å²) in [5.41, 5.74) is 7.51. The summed E-state index contributed by atoms with van der Waals surface area (Å²) in [5.74, 6) is -0.593. The number of amides is 1. The molecule has 4 N–H and O–H groups in total. The van der Waals surface area contributed by atoms with E-state index in [0.29, 0.717) is 5.69 Å². The van der Waals surface area contributed by atoms with Crippen LogP contribution in [0.15, 0.2) is 40.9 Å². The van der Waals surface area contributed by atoms with E-state index in [1.165, 1.54) is 12.1 Å². The van der Waals surface area contributed by atoms with Crippen molar-refractivity contribution in [1.29, 1.82) is 0 Å². The summed E-state index contributed by atoms with van der Waals surface area (Å²) in [6, 6.07) is 10.2. The van der Waals surface area contributed by atoms with Crippen LogP contribution < -0.4 is 11.1 Å². The average molecular weight is 321 g/mol. The van der Waals surface area contributed by atoms with Crippen LogP contribution in [0.2, 0.25) is 0 Å². The van der Waals surface area contributed by atoms with Crippen LogP contribution in [0.4, 0.5) is 11.4 Å². The molecule has 0 fully saturated rings. The molecule has 2 rings (SSSR count). The van der Waals surface area contributed by atoms with Crippen molar-refractivity contribution in [1.82, 2.24) is 0 Å². The van der Waals surface area contributed by atoms with Crippen LogP contribution in [0.25, 0.3) is 0 Å². The number of hydrogen-bond donors (Lipinski definition) is 3. The minimum atomic E-state index is -0.393. The van der Waals surface area contributed by atoms with Crippen LogP contribution >= 0.6 is 15.9 Å². The molecule has 0 spiro atoms. The van der Waals surface area contributed by atoms with Gasteiger partial charge in [0.25, 0.3) is 5.91 Å². The van der Waals surface area contributed by atoms with Crippen molar-refractivity contribution < 1.29 is 9.90 Å². The second-order valence-electron chi connectivity index (χ2n) is 4.16. The number of rotatable bonds is 2. The lowest BCUT2D eigenvalue weighted by molar-refractivity contribution is 0.102. The van der Waals surface area contributed by atoms with Crippen molar-refractivity contribution in [2.24, 2.45) is 0 Å². The van der Waals surface area contributed by atoms with Gasteiger partial charge in [-0.3, -0.25) is 4.79 Å². The third-order valence-electron chi connectivity index (χ3n) is 2.75. The summed E-state index contributed by atoms with van der Waals surface area (Å²) in [6.07, 6.45) is 0. The van der Waals surface area contributed by atoms with Gasteiger partial charge in [-0.25, -0.2) is 0 Å². The molecule has 98 valence electrons. The van der Waals surface area contributed by atoms with Gasteiger partial charge in [0.15, 0.2) is 5.75 Å². The zero-order chi connectivity index (χ0) is 14.0. The lowest BCUT2D eigenvalue weighted by Gasteiger charge is -2.10. The molecule has 0 bridgehead atoms. The fourth-order valence-corrected chi connectivity index (χ4v) is 2.18. The van der Waals surface area contributed by atoms with Crippen molar-refractivity contribution in [2.75, 3.05) is 11.1 Å². The van der Waals surface area contributed by atoms with Crippen LogP contribution in [0, 0.1) is 6.92 Å². The zero-order valence-corrected chi connectivity index (χ0v) is 11.9. The predicted molar refractivity (Wildman–Crippen MR) is 79.4 cm³/mol. The Balaban J connectivity index is 2.28. The number of phenolic OH excluding ortho intramolecular Hbond substituents is 1. The summed E-state index contributed by atoms with van der Waals surface area (Å²) in [5, 5.41) is 12.5. The molecule has 2 aromatic rings. The fraction of sp³-hybridized carbons (Fsp3) is 0.0714. The molecule has 0 atom stereocenters. The number of nitrogens with two attached hydrogens (primary N) is 1. The van der Waals surface area contributed by atoms with Gasteiger partial charge >= 0.3 is 0 Å². The Hall–Kier alpha value is -2.01. The van der Waals surface area contributed by atoms with Gasteiger partial charge in [-0.1, -0.05) is 22.0 Å². The summed E-state index contributed by atoms with van der Waals surface area (Å²) in [6.45, 7) is 1.89. The molecule has 2 aromatic carbocycles. The molecule has 1 amide bonds. The Morgan fingerprint density at radius 3 is 2.74 bits per heavy atom. The Kier molecular flexibility index (Phi) is 3.76. The Morgan fingerprint density at radius 1 is 1.32 bits per heavy atom. The minimum Gasteiger partial charge on any atom is -0.505 e. The fourth-order valence-electron chi connectivity index (χ4n) is 1.70. The maximum absolute atomic E-state index is 12.1. The highest BCUT2D eigenvalue weighted by molar-refractivity contribution is 9.10. The molecule has 5 heteroatoms. The number of hydrogen-bond acceptors (Lipinski definition) is 3. The third kappa shape index (κ3) is 2.88. The first kappa shape index (κ1) is 13.4. The van der Waals surface area contributed by atoms with E-state index in [0.717, 1.165) is 10.0 Å². The van der Waals surface area contributed by atoms with E-state index in [-0.39, 0.29) is 17.0 Å². The van der Waals surface area contributed by atoms with Crippen LogP contribution in [0.5, 0.6) is 5.75 Å². The second kappa shape index (κ2) is 5.32. The maximum atomic E-state index is 12.1. The number of aromatic hydroxyl groups is 1. The third-order valence-corrected chi connectivity index (χ3v) is 3.24. The normalized spacial score (nSPS) is 10.2. The largest absolute Gasteiger partial charge is 0.505 e. The lowest BCUT2D eigenvalue weighted by Crippen LogP contribution is -2.13. The molecule has 19 heavy (non-hydrogen) atoms. The highest BCUT2D eigenvalue weighted by atomic mass is 79.9. The molecule has 0 radical (unpaired) electrons. The van der Waals surface area contributed by atoms with Crippen molar-refractivity contribution in [3.63, 3.8) is 0 Å². The van der Waals surface area contributed by atoms with Gasteiger partial charge < -0.3 is 16.2 Å². The Bertz CT molecular complexity index is 641. The molecular formula is C14H13BrN2O2. The van der Waals surface area contributed by atoms with E-state index in [1.54, 1.807) is 12.1 Å². The quantitative estimate of drug-likeness (QED) is 0.587. The number of aryl methyl sites for hydroxylation is 1. The van der Waals surface area contributed by atoms with Gasteiger partial charge in [0.05, 0.1) is 11.3 Å².